The summed E-state index contributed by atoms with van der Waals surface area (Å²) in [5, 5.41) is 2.63. The van der Waals surface area contributed by atoms with E-state index in [4.69, 9.17) is 0 Å². The van der Waals surface area contributed by atoms with E-state index in [-0.39, 0.29) is 48.4 Å². The standard InChI is InChI=1S/C95H63B2N5Se2/c1-10-33-63(34-11-1)74-53-32-54-75(64-35-12-2-13-36-64)88(74)89-78-61-82-81(62-80(78)96-90-79(89)57-72(98(65-37-14-3-15-38-65)66-39-16-4-17-40-66)58-83(90)101(70-47-24-8-25-48-70)92-76-51-28-30-55-86(76)103-94(92)96)97-91-84(100(82)69-45-22-7-23-46-69)59-73(99(67-41-18-5-19-42-67)68-43-20-6-21-44-68)60-85(91)102(71-49-26-9-27-50-71)93-77-52-29-31-56-87(77)104-95(93)97/h1-62,89H. The summed E-state index contributed by atoms with van der Waals surface area (Å²) in [6, 6.07) is 142. The van der Waals surface area contributed by atoms with Crippen LogP contribution in [0, 0.1) is 0 Å². The van der Waals surface area contributed by atoms with Gasteiger partial charge in [-0.05, 0) is 0 Å². The number of hydrogen-bond acceptors (Lipinski definition) is 5. The van der Waals surface area contributed by atoms with Gasteiger partial charge in [0.2, 0.25) is 0 Å². The van der Waals surface area contributed by atoms with Gasteiger partial charge in [0, 0.05) is 0 Å². The number of anilines is 15. The molecule has 6 heterocycles. The van der Waals surface area contributed by atoms with Crippen LogP contribution in [0.1, 0.15) is 22.6 Å². The van der Waals surface area contributed by atoms with E-state index in [0.29, 0.717) is 0 Å². The number of hydrogen-bond donors (Lipinski definition) is 0. The number of benzene rings is 15. The van der Waals surface area contributed by atoms with E-state index in [9.17, 15) is 0 Å². The van der Waals surface area contributed by atoms with Crippen molar-refractivity contribution in [2.24, 2.45) is 0 Å². The van der Waals surface area contributed by atoms with E-state index in [1.807, 2.05) is 0 Å². The van der Waals surface area contributed by atoms with Crippen LogP contribution in [0.4, 0.5) is 85.3 Å². The fraction of sp³-hybridized carbons (Fsp3) is 0.0105. The fourth-order valence-corrected chi connectivity index (χ4v) is 23.0. The van der Waals surface area contributed by atoms with Crippen LogP contribution in [-0.2, 0) is 0 Å². The van der Waals surface area contributed by atoms with Crippen LogP contribution in [0.25, 0.3) is 41.5 Å². The fourth-order valence-electron chi connectivity index (χ4n) is 17.5. The van der Waals surface area contributed by atoms with Crippen LogP contribution in [0.3, 0.4) is 0 Å². The normalized spacial score (nSPS) is 13.6. The number of fused-ring (bicyclic) bond motifs is 12. The summed E-state index contributed by atoms with van der Waals surface area (Å²) in [5.41, 5.74) is 31.3. The molecule has 1 unspecified atom stereocenters. The van der Waals surface area contributed by atoms with Gasteiger partial charge in [-0.15, -0.1) is 0 Å². The van der Waals surface area contributed by atoms with E-state index in [1.54, 1.807) is 0 Å². The zero-order valence-corrected chi connectivity index (χ0v) is 60.0. The van der Waals surface area contributed by atoms with Crippen molar-refractivity contribution in [2.45, 2.75) is 5.92 Å². The van der Waals surface area contributed by atoms with Crippen LogP contribution in [0.15, 0.2) is 376 Å². The molecule has 21 rings (SSSR count). The van der Waals surface area contributed by atoms with Gasteiger partial charge in [0.15, 0.2) is 0 Å². The first kappa shape index (κ1) is 60.7. The predicted molar refractivity (Wildman–Crippen MR) is 443 cm³/mol. The zero-order valence-electron chi connectivity index (χ0n) is 56.6. The summed E-state index contributed by atoms with van der Waals surface area (Å²) in [4.78, 5) is 13.0. The molecule has 0 N–H and O–H groups in total. The van der Waals surface area contributed by atoms with Crippen LogP contribution in [-0.4, -0.2) is 42.4 Å². The second kappa shape index (κ2) is 24.9. The van der Waals surface area contributed by atoms with Gasteiger partial charge in [0.25, 0.3) is 0 Å². The molecule has 486 valence electrons. The van der Waals surface area contributed by atoms with Crippen molar-refractivity contribution >= 4 is 178 Å². The Balaban J connectivity index is 0.947. The predicted octanol–water partition coefficient (Wildman–Crippen LogP) is 20.3. The topological polar surface area (TPSA) is 16.2 Å². The molecule has 0 bridgehead atoms. The molecule has 1 atom stereocenters. The van der Waals surface area contributed by atoms with Crippen molar-refractivity contribution in [2.75, 3.05) is 24.5 Å². The second-order valence-corrected chi connectivity index (χ2v) is 31.9. The summed E-state index contributed by atoms with van der Waals surface area (Å²) >= 11 is -0.106. The summed E-state index contributed by atoms with van der Waals surface area (Å²) in [7, 11) is 0. The molecule has 0 saturated carbocycles. The Hall–Kier alpha value is -12.1. The summed E-state index contributed by atoms with van der Waals surface area (Å²) in [6.07, 6.45) is 0. The molecule has 2 aromatic heterocycles. The molecule has 4 aliphatic heterocycles. The first-order chi connectivity index (χ1) is 51.7. The Bertz CT molecular complexity index is 6010. The minimum absolute atomic E-state index is 0.0479. The number of para-hydroxylation sites is 7. The zero-order chi connectivity index (χ0) is 68.3. The molecular weight excluding hydrogens is 1390 g/mol. The van der Waals surface area contributed by atoms with Gasteiger partial charge in [-0.1, -0.05) is 0 Å². The third kappa shape index (κ3) is 9.62. The van der Waals surface area contributed by atoms with E-state index in [2.05, 4.69) is 401 Å². The van der Waals surface area contributed by atoms with Gasteiger partial charge in [-0.25, -0.2) is 0 Å². The SMILES string of the molecule is c1ccc(-c2cccc(-c3ccccc3)c2C2c3cc4c(cc3B3c5[se]c6ccccc6c5N(c5ccccc5)c5cc(N(c6ccccc6)c6ccccc6)cc2c53)B2c3[se]c5ccccc5c3N(c3ccccc3)c3cc(N(c5ccccc5)c5ccccc5)cc(c32)N4c2ccccc2)cc1. The van der Waals surface area contributed by atoms with E-state index in [0.717, 1.165) is 51.2 Å². The molecule has 15 aromatic carbocycles. The van der Waals surface area contributed by atoms with Gasteiger partial charge < -0.3 is 0 Å². The monoisotopic (exact) mass is 1460 g/mol. The maximum absolute atomic E-state index is 2.79. The molecule has 9 heteroatoms. The van der Waals surface area contributed by atoms with Gasteiger partial charge in [-0.2, -0.15) is 0 Å². The maximum atomic E-state index is 2.79. The van der Waals surface area contributed by atoms with Crippen LogP contribution < -0.4 is 55.0 Å². The molecule has 0 radical (unpaired) electrons. The average molecular weight is 1450 g/mol. The first-order valence-electron chi connectivity index (χ1n) is 35.8. The van der Waals surface area contributed by atoms with Crippen molar-refractivity contribution in [1.82, 2.24) is 0 Å². The number of nitrogens with zero attached hydrogens (tertiary/aromatic N) is 5. The molecule has 0 saturated heterocycles. The minimum atomic E-state index is -0.321. The molecular formula is C95H63B2N5Se2. The molecule has 0 spiro atoms. The third-order valence-corrected chi connectivity index (χ3v) is 26.8. The first-order valence-corrected chi connectivity index (χ1v) is 39.3. The van der Waals surface area contributed by atoms with Crippen molar-refractivity contribution in [3.05, 3.63) is 393 Å². The van der Waals surface area contributed by atoms with Gasteiger partial charge >= 0.3 is 623 Å². The van der Waals surface area contributed by atoms with E-state index in [1.165, 1.54) is 123 Å². The Kier molecular flexibility index (Phi) is 14.5. The van der Waals surface area contributed by atoms with Gasteiger partial charge in [-0.3, -0.25) is 0 Å². The van der Waals surface area contributed by atoms with Crippen molar-refractivity contribution in [3.63, 3.8) is 0 Å². The molecule has 0 fully saturated rings. The second-order valence-electron chi connectivity index (χ2n) is 27.4. The Morgan fingerprint density at radius 1 is 0.269 bits per heavy atom. The Morgan fingerprint density at radius 3 is 1.07 bits per heavy atom. The van der Waals surface area contributed by atoms with Gasteiger partial charge in [0.05, 0.1) is 0 Å². The molecule has 0 amide bonds. The molecule has 17 aromatic rings. The summed E-state index contributed by atoms with van der Waals surface area (Å²) < 4.78 is 5.80. The Labute approximate surface area is 618 Å². The molecule has 5 nitrogen and oxygen atoms in total. The summed E-state index contributed by atoms with van der Waals surface area (Å²) in [5.74, 6) is -0.321. The van der Waals surface area contributed by atoms with Crippen LogP contribution in [0.2, 0.25) is 0 Å². The van der Waals surface area contributed by atoms with Crippen molar-refractivity contribution in [3.8, 4) is 22.3 Å². The van der Waals surface area contributed by atoms with Crippen molar-refractivity contribution in [1.29, 1.82) is 0 Å². The van der Waals surface area contributed by atoms with Crippen LogP contribution >= 0.6 is 0 Å². The van der Waals surface area contributed by atoms with E-state index < -0.39 is 0 Å². The quantitative estimate of drug-likeness (QED) is 0.113. The van der Waals surface area contributed by atoms with Gasteiger partial charge in [0.1, 0.15) is 0 Å². The average Bonchev–Trinajstić information content (AvgIpc) is 1.16. The summed E-state index contributed by atoms with van der Waals surface area (Å²) in [6.45, 7) is -0.243. The van der Waals surface area contributed by atoms with E-state index >= 15 is 0 Å². The number of rotatable bonds is 12. The van der Waals surface area contributed by atoms with Crippen molar-refractivity contribution < 1.29 is 0 Å². The molecule has 4 aliphatic rings. The molecule has 0 aliphatic carbocycles. The third-order valence-electron chi connectivity index (χ3n) is 21.7. The Morgan fingerprint density at radius 2 is 0.625 bits per heavy atom. The van der Waals surface area contributed by atoms with Crippen LogP contribution in [0.5, 0.6) is 0 Å². The molecule has 104 heavy (non-hydrogen) atoms.